The molecule has 2 aliphatic carbocycles. The van der Waals surface area contributed by atoms with E-state index in [0.717, 1.165) is 24.5 Å². The van der Waals surface area contributed by atoms with E-state index in [9.17, 15) is 0 Å². The molecule has 2 fully saturated rings. The average molecular weight is 292 g/mol. The second-order valence-electron chi connectivity index (χ2n) is 6.69. The molecule has 2 aliphatic rings. The van der Waals surface area contributed by atoms with Crippen LogP contribution in [0, 0.1) is 5.92 Å². The maximum absolute atomic E-state index is 3.80. The first-order chi connectivity index (χ1) is 9.81. The van der Waals surface area contributed by atoms with Crippen molar-refractivity contribution in [1.82, 2.24) is 10.2 Å². The highest BCUT2D eigenvalue weighted by molar-refractivity contribution is 7.09. The largest absolute Gasteiger partial charge is 0.313 e. The fourth-order valence-electron chi connectivity index (χ4n) is 3.31. The number of nitrogens with one attached hydrogen (secondary N) is 1. The lowest BCUT2D eigenvalue weighted by atomic mass is 9.87. The van der Waals surface area contributed by atoms with Crippen molar-refractivity contribution in [2.45, 2.75) is 64.1 Å². The van der Waals surface area contributed by atoms with Gasteiger partial charge in [-0.1, -0.05) is 13.0 Å². The van der Waals surface area contributed by atoms with Gasteiger partial charge in [-0.2, -0.15) is 0 Å². The van der Waals surface area contributed by atoms with E-state index in [1.54, 1.807) is 0 Å². The van der Waals surface area contributed by atoms with E-state index >= 15 is 0 Å². The number of nitrogens with zero attached hydrogens (tertiary/aromatic N) is 1. The highest BCUT2D eigenvalue weighted by Crippen LogP contribution is 2.29. The number of rotatable bonds is 7. The molecule has 1 aromatic heterocycles. The molecule has 112 valence electrons. The molecule has 0 amide bonds. The zero-order valence-electron chi connectivity index (χ0n) is 12.7. The number of hydrogen-bond acceptors (Lipinski definition) is 3. The first kappa shape index (κ1) is 14.6. The highest BCUT2D eigenvalue weighted by atomic mass is 32.1. The van der Waals surface area contributed by atoms with Crippen LogP contribution in [0.4, 0.5) is 0 Å². The maximum atomic E-state index is 3.80. The number of thiophene rings is 1. The van der Waals surface area contributed by atoms with E-state index in [1.165, 1.54) is 56.5 Å². The van der Waals surface area contributed by atoms with Gasteiger partial charge < -0.3 is 5.32 Å². The van der Waals surface area contributed by atoms with Gasteiger partial charge in [0.2, 0.25) is 0 Å². The monoisotopic (exact) mass is 292 g/mol. The molecule has 0 spiro atoms. The van der Waals surface area contributed by atoms with Gasteiger partial charge in [0.25, 0.3) is 0 Å². The fraction of sp³-hybridized carbons (Fsp3) is 0.765. The summed E-state index contributed by atoms with van der Waals surface area (Å²) >= 11 is 1.90. The molecule has 0 aliphatic heterocycles. The van der Waals surface area contributed by atoms with Crippen molar-refractivity contribution in [3.8, 4) is 0 Å². The summed E-state index contributed by atoms with van der Waals surface area (Å²) in [4.78, 5) is 4.20. The topological polar surface area (TPSA) is 15.3 Å². The van der Waals surface area contributed by atoms with E-state index in [-0.39, 0.29) is 0 Å². The summed E-state index contributed by atoms with van der Waals surface area (Å²) in [6.45, 7) is 5.94. The van der Waals surface area contributed by atoms with Crippen LogP contribution in [0.5, 0.6) is 0 Å². The van der Waals surface area contributed by atoms with Crippen molar-refractivity contribution in [3.05, 3.63) is 22.4 Å². The van der Waals surface area contributed by atoms with Crippen LogP contribution in [-0.4, -0.2) is 30.1 Å². The van der Waals surface area contributed by atoms with E-state index in [2.05, 4.69) is 34.7 Å². The van der Waals surface area contributed by atoms with Crippen LogP contribution in [0.25, 0.3) is 0 Å². The highest BCUT2D eigenvalue weighted by Gasteiger charge is 2.29. The van der Waals surface area contributed by atoms with E-state index in [0.29, 0.717) is 0 Å². The third kappa shape index (κ3) is 4.31. The third-order valence-electron chi connectivity index (χ3n) is 4.85. The Labute approximate surface area is 127 Å². The van der Waals surface area contributed by atoms with Crippen molar-refractivity contribution in [1.29, 1.82) is 0 Å². The van der Waals surface area contributed by atoms with Crippen LogP contribution in [0.1, 0.15) is 50.3 Å². The first-order valence-electron chi connectivity index (χ1n) is 8.31. The molecule has 0 unspecified atom stereocenters. The van der Waals surface area contributed by atoms with Crippen LogP contribution in [0.3, 0.4) is 0 Å². The Morgan fingerprint density at radius 2 is 2.00 bits per heavy atom. The van der Waals surface area contributed by atoms with Gasteiger partial charge in [-0.3, -0.25) is 4.90 Å². The summed E-state index contributed by atoms with van der Waals surface area (Å²) in [6.07, 6.45) is 8.42. The van der Waals surface area contributed by atoms with Gasteiger partial charge in [-0.25, -0.2) is 0 Å². The molecule has 3 rings (SSSR count). The Hall–Kier alpha value is -0.380. The Kier molecular flexibility index (Phi) is 5.14. The summed E-state index contributed by atoms with van der Waals surface area (Å²) in [5, 5.41) is 5.99. The summed E-state index contributed by atoms with van der Waals surface area (Å²) in [6, 6.07) is 6.10. The molecule has 0 atom stereocenters. The quantitative estimate of drug-likeness (QED) is 0.820. The molecule has 1 aromatic rings. The van der Waals surface area contributed by atoms with Gasteiger partial charge in [0.1, 0.15) is 0 Å². The normalized spacial score (nSPS) is 27.1. The summed E-state index contributed by atoms with van der Waals surface area (Å²) in [7, 11) is 0. The zero-order valence-corrected chi connectivity index (χ0v) is 13.5. The van der Waals surface area contributed by atoms with Crippen molar-refractivity contribution in [3.63, 3.8) is 0 Å². The molecule has 20 heavy (non-hydrogen) atoms. The molecular formula is C17H28N2S. The number of hydrogen-bond donors (Lipinski definition) is 1. The van der Waals surface area contributed by atoms with Gasteiger partial charge >= 0.3 is 0 Å². The Bertz CT molecular complexity index is 378. The van der Waals surface area contributed by atoms with Gasteiger partial charge in [-0.05, 0) is 55.9 Å². The van der Waals surface area contributed by atoms with Crippen LogP contribution < -0.4 is 5.32 Å². The first-order valence-corrected chi connectivity index (χ1v) is 9.19. The Balaban J connectivity index is 1.39. The molecule has 1 N–H and O–H groups in total. The lowest BCUT2D eigenvalue weighted by molar-refractivity contribution is 0.240. The Morgan fingerprint density at radius 1 is 1.20 bits per heavy atom. The minimum absolute atomic E-state index is 0.786. The van der Waals surface area contributed by atoms with Crippen molar-refractivity contribution in [2.75, 3.05) is 13.1 Å². The predicted octanol–water partition coefficient (Wildman–Crippen LogP) is 3.88. The maximum Gasteiger partial charge on any atom is 0.0331 e. The third-order valence-corrected chi connectivity index (χ3v) is 5.71. The van der Waals surface area contributed by atoms with Gasteiger partial charge in [0, 0.05) is 36.6 Å². The van der Waals surface area contributed by atoms with Crippen LogP contribution >= 0.6 is 11.3 Å². The summed E-state index contributed by atoms with van der Waals surface area (Å²) in [5.41, 5.74) is 0. The molecule has 0 aromatic carbocycles. The SMILES string of the molecule is CC1CCC(NCCN(Cc2cccs2)C2CC2)CC1. The van der Waals surface area contributed by atoms with E-state index in [1.807, 2.05) is 11.3 Å². The molecule has 0 radical (unpaired) electrons. The van der Waals surface area contributed by atoms with Gasteiger partial charge in [-0.15, -0.1) is 11.3 Å². The van der Waals surface area contributed by atoms with Crippen molar-refractivity contribution in [2.24, 2.45) is 5.92 Å². The lowest BCUT2D eigenvalue weighted by Gasteiger charge is -2.28. The van der Waals surface area contributed by atoms with E-state index in [4.69, 9.17) is 0 Å². The second kappa shape index (κ2) is 7.06. The van der Waals surface area contributed by atoms with Crippen LogP contribution in [0.15, 0.2) is 17.5 Å². The molecular weight excluding hydrogens is 264 g/mol. The predicted molar refractivity (Wildman–Crippen MR) is 87.2 cm³/mol. The van der Waals surface area contributed by atoms with Gasteiger partial charge in [0.05, 0.1) is 0 Å². The molecule has 2 nitrogen and oxygen atoms in total. The van der Waals surface area contributed by atoms with Crippen LogP contribution in [-0.2, 0) is 6.54 Å². The van der Waals surface area contributed by atoms with Crippen molar-refractivity contribution < 1.29 is 0 Å². The molecule has 3 heteroatoms. The fourth-order valence-corrected chi connectivity index (χ4v) is 4.04. The smallest absolute Gasteiger partial charge is 0.0331 e. The minimum Gasteiger partial charge on any atom is -0.313 e. The Morgan fingerprint density at radius 3 is 2.65 bits per heavy atom. The van der Waals surface area contributed by atoms with Gasteiger partial charge in [0.15, 0.2) is 0 Å². The minimum atomic E-state index is 0.786. The molecule has 0 bridgehead atoms. The van der Waals surface area contributed by atoms with E-state index < -0.39 is 0 Å². The lowest BCUT2D eigenvalue weighted by Crippen LogP contribution is -2.39. The van der Waals surface area contributed by atoms with Crippen molar-refractivity contribution >= 4 is 11.3 Å². The summed E-state index contributed by atoms with van der Waals surface area (Å²) in [5.74, 6) is 0.954. The average Bonchev–Trinajstić information content (AvgIpc) is 3.18. The molecule has 2 saturated carbocycles. The molecule has 0 saturated heterocycles. The molecule has 1 heterocycles. The summed E-state index contributed by atoms with van der Waals surface area (Å²) < 4.78 is 0. The van der Waals surface area contributed by atoms with Crippen LogP contribution in [0.2, 0.25) is 0 Å². The standard InChI is InChI=1S/C17H28N2S/c1-14-4-6-15(7-5-14)18-10-11-19(16-8-9-16)13-17-3-2-12-20-17/h2-3,12,14-16,18H,4-11,13H2,1H3. The second-order valence-corrected chi connectivity index (χ2v) is 7.72. The zero-order chi connectivity index (χ0) is 13.8.